The highest BCUT2D eigenvalue weighted by Gasteiger charge is 2.36. The monoisotopic (exact) mass is 498 g/mol. The van der Waals surface area contributed by atoms with Crippen molar-refractivity contribution in [1.29, 1.82) is 0 Å². The number of hydrogen-bond acceptors (Lipinski definition) is 7. The number of nitrogens with one attached hydrogen (secondary N) is 2. The fourth-order valence-corrected chi connectivity index (χ4v) is 5.43. The fourth-order valence-electron chi connectivity index (χ4n) is 3.67. The molecule has 0 aliphatic carbocycles. The number of sulfone groups is 1. The summed E-state index contributed by atoms with van der Waals surface area (Å²) in [6, 6.07) is 8.36. The SMILES string of the molecule is Cc1cc(CNC(=O)c2cc(C(=O)NC3CS(=O)(=O)c4cc(C(=O)O)ccc43)ncn2)ccc1F. The van der Waals surface area contributed by atoms with Gasteiger partial charge in [0.15, 0.2) is 9.84 Å². The van der Waals surface area contributed by atoms with Crippen LogP contribution in [0.15, 0.2) is 53.7 Å². The van der Waals surface area contributed by atoms with Crippen molar-refractivity contribution in [2.75, 3.05) is 5.75 Å². The number of nitrogens with zero attached hydrogens (tertiary/aromatic N) is 2. The number of carboxylic acid groups (broad SMARTS) is 1. The normalized spacial score (nSPS) is 15.8. The molecule has 1 aliphatic rings. The molecule has 12 heteroatoms. The summed E-state index contributed by atoms with van der Waals surface area (Å²) in [5.74, 6) is -3.38. The quantitative estimate of drug-likeness (QED) is 0.465. The van der Waals surface area contributed by atoms with Crippen LogP contribution in [0.3, 0.4) is 0 Å². The summed E-state index contributed by atoms with van der Waals surface area (Å²) >= 11 is 0. The zero-order valence-corrected chi connectivity index (χ0v) is 19.1. The van der Waals surface area contributed by atoms with Gasteiger partial charge in [0.25, 0.3) is 11.8 Å². The van der Waals surface area contributed by atoms with E-state index in [-0.39, 0.29) is 39.8 Å². The predicted octanol–water partition coefficient (Wildman–Crippen LogP) is 1.81. The number of amides is 2. The number of aromatic carboxylic acids is 1. The molecule has 0 fully saturated rings. The maximum absolute atomic E-state index is 13.4. The van der Waals surface area contributed by atoms with Gasteiger partial charge in [-0.2, -0.15) is 0 Å². The van der Waals surface area contributed by atoms with Crippen molar-refractivity contribution in [3.63, 3.8) is 0 Å². The molecule has 1 aliphatic heterocycles. The molecule has 0 bridgehead atoms. The van der Waals surface area contributed by atoms with Crippen molar-refractivity contribution in [2.45, 2.75) is 24.4 Å². The van der Waals surface area contributed by atoms with E-state index in [0.29, 0.717) is 11.1 Å². The van der Waals surface area contributed by atoms with Crippen LogP contribution in [0.1, 0.15) is 54.1 Å². The molecule has 4 rings (SSSR count). The van der Waals surface area contributed by atoms with Crippen LogP contribution < -0.4 is 10.6 Å². The van der Waals surface area contributed by atoms with Crippen molar-refractivity contribution >= 4 is 27.6 Å². The van der Waals surface area contributed by atoms with Crippen LogP contribution >= 0.6 is 0 Å². The third-order valence-electron chi connectivity index (χ3n) is 5.47. The molecule has 35 heavy (non-hydrogen) atoms. The average molecular weight is 498 g/mol. The van der Waals surface area contributed by atoms with Gasteiger partial charge >= 0.3 is 5.97 Å². The number of carbonyl (C=O) groups is 3. The summed E-state index contributed by atoms with van der Waals surface area (Å²) in [7, 11) is -3.80. The number of carbonyl (C=O) groups excluding carboxylic acids is 2. The first-order valence-corrected chi connectivity index (χ1v) is 12.0. The second-order valence-corrected chi connectivity index (χ2v) is 9.92. The van der Waals surface area contributed by atoms with Crippen LogP contribution in [0.25, 0.3) is 0 Å². The van der Waals surface area contributed by atoms with E-state index in [4.69, 9.17) is 5.11 Å². The van der Waals surface area contributed by atoms with E-state index in [1.54, 1.807) is 13.0 Å². The zero-order valence-electron chi connectivity index (χ0n) is 18.3. The second-order valence-electron chi connectivity index (χ2n) is 7.92. The number of halogens is 1. The Labute approximate surface area is 199 Å². The Kier molecular flexibility index (Phi) is 6.31. The molecule has 2 amide bonds. The summed E-state index contributed by atoms with van der Waals surface area (Å²) in [4.78, 5) is 44.0. The predicted molar refractivity (Wildman–Crippen MR) is 120 cm³/mol. The van der Waals surface area contributed by atoms with Crippen molar-refractivity contribution in [3.8, 4) is 0 Å². The number of carboxylic acids is 1. The summed E-state index contributed by atoms with van der Waals surface area (Å²) in [6.07, 6.45) is 1.03. The lowest BCUT2D eigenvalue weighted by atomic mass is 10.1. The van der Waals surface area contributed by atoms with E-state index in [2.05, 4.69) is 20.6 Å². The molecule has 3 N–H and O–H groups in total. The second kappa shape index (κ2) is 9.22. The van der Waals surface area contributed by atoms with E-state index in [9.17, 15) is 27.2 Å². The Morgan fingerprint density at radius 1 is 1.06 bits per heavy atom. The lowest BCUT2D eigenvalue weighted by Crippen LogP contribution is -2.31. The van der Waals surface area contributed by atoms with E-state index in [0.717, 1.165) is 12.4 Å². The summed E-state index contributed by atoms with van der Waals surface area (Å²) in [5, 5.41) is 14.3. The van der Waals surface area contributed by atoms with E-state index < -0.39 is 39.4 Å². The highest BCUT2D eigenvalue weighted by molar-refractivity contribution is 7.91. The van der Waals surface area contributed by atoms with E-state index in [1.807, 2.05) is 0 Å². The van der Waals surface area contributed by atoms with Gasteiger partial charge in [-0.15, -0.1) is 0 Å². The Balaban J connectivity index is 1.47. The number of aryl methyl sites for hydroxylation is 1. The molecule has 2 aromatic carbocycles. The fraction of sp³-hybridized carbons (Fsp3) is 0.174. The van der Waals surface area contributed by atoms with Gasteiger partial charge in [-0.25, -0.2) is 27.6 Å². The topological polar surface area (TPSA) is 155 Å². The maximum atomic E-state index is 13.4. The Hall–Kier alpha value is -4.19. The van der Waals surface area contributed by atoms with Gasteiger partial charge in [0.1, 0.15) is 23.5 Å². The van der Waals surface area contributed by atoms with Crippen LogP contribution in [0.5, 0.6) is 0 Å². The molecule has 0 spiro atoms. The Bertz CT molecular complexity index is 1470. The smallest absolute Gasteiger partial charge is 0.335 e. The largest absolute Gasteiger partial charge is 0.478 e. The molecular weight excluding hydrogens is 479 g/mol. The third kappa shape index (κ3) is 5.01. The van der Waals surface area contributed by atoms with Crippen LogP contribution in [0.4, 0.5) is 4.39 Å². The molecule has 0 radical (unpaired) electrons. The standard InChI is InChI=1S/C23H19FN4O6S/c1-12-6-13(2-5-16(12)24)9-25-21(29)17-8-18(27-11-26-17)22(30)28-19-10-35(33,34)20-7-14(23(31)32)3-4-15(19)20/h2-8,11,19H,9-10H2,1H3,(H,25,29)(H,28,30)(H,31,32). The molecule has 180 valence electrons. The van der Waals surface area contributed by atoms with Gasteiger partial charge in [-0.3, -0.25) is 9.59 Å². The average Bonchev–Trinajstić information content (AvgIpc) is 3.08. The van der Waals surface area contributed by atoms with Gasteiger partial charge in [0, 0.05) is 12.6 Å². The number of fused-ring (bicyclic) bond motifs is 1. The van der Waals surface area contributed by atoms with Crippen LogP contribution in [0, 0.1) is 12.7 Å². The zero-order chi connectivity index (χ0) is 25.3. The molecule has 1 aromatic heterocycles. The van der Waals surface area contributed by atoms with E-state index in [1.165, 1.54) is 30.3 Å². The molecule has 0 saturated heterocycles. The molecule has 3 aromatic rings. The van der Waals surface area contributed by atoms with Crippen molar-refractivity contribution in [2.24, 2.45) is 0 Å². The number of aromatic nitrogens is 2. The molecule has 1 atom stereocenters. The molecule has 1 unspecified atom stereocenters. The molecule has 0 saturated carbocycles. The summed E-state index contributed by atoms with van der Waals surface area (Å²) in [6.45, 7) is 1.72. The van der Waals surface area contributed by atoms with Gasteiger partial charge in [-0.05, 0) is 41.8 Å². The summed E-state index contributed by atoms with van der Waals surface area (Å²) < 4.78 is 38.4. The molecule has 10 nitrogen and oxygen atoms in total. The van der Waals surface area contributed by atoms with Gasteiger partial charge in [0.05, 0.1) is 22.3 Å². The first-order valence-electron chi connectivity index (χ1n) is 10.3. The minimum absolute atomic E-state index is 0.0884. The van der Waals surface area contributed by atoms with Crippen LogP contribution in [-0.4, -0.2) is 47.0 Å². The lowest BCUT2D eigenvalue weighted by Gasteiger charge is -2.13. The first kappa shape index (κ1) is 24.0. The number of hydrogen-bond donors (Lipinski definition) is 3. The lowest BCUT2D eigenvalue weighted by molar-refractivity contribution is 0.0695. The third-order valence-corrected chi connectivity index (χ3v) is 7.27. The first-order chi connectivity index (χ1) is 16.5. The van der Waals surface area contributed by atoms with Crippen molar-refractivity contribution in [3.05, 3.63) is 88.3 Å². The highest BCUT2D eigenvalue weighted by Crippen LogP contribution is 2.34. The number of benzene rings is 2. The van der Waals surface area contributed by atoms with E-state index >= 15 is 0 Å². The summed E-state index contributed by atoms with van der Waals surface area (Å²) in [5.41, 5.74) is 0.959. The Morgan fingerprint density at radius 3 is 2.46 bits per heavy atom. The molecule has 2 heterocycles. The van der Waals surface area contributed by atoms with Gasteiger partial charge < -0.3 is 15.7 Å². The Morgan fingerprint density at radius 2 is 1.77 bits per heavy atom. The molecular formula is C23H19FN4O6S. The minimum Gasteiger partial charge on any atom is -0.478 e. The van der Waals surface area contributed by atoms with Gasteiger partial charge in [-0.1, -0.05) is 18.2 Å². The minimum atomic E-state index is -3.80. The highest BCUT2D eigenvalue weighted by atomic mass is 32.2. The van der Waals surface area contributed by atoms with Crippen LogP contribution in [0.2, 0.25) is 0 Å². The van der Waals surface area contributed by atoms with Crippen molar-refractivity contribution in [1.82, 2.24) is 20.6 Å². The van der Waals surface area contributed by atoms with Crippen LogP contribution in [-0.2, 0) is 16.4 Å². The maximum Gasteiger partial charge on any atom is 0.335 e. The van der Waals surface area contributed by atoms with Crippen molar-refractivity contribution < 1.29 is 32.3 Å². The van der Waals surface area contributed by atoms with Gasteiger partial charge in [0.2, 0.25) is 0 Å². The number of rotatable bonds is 6.